The lowest BCUT2D eigenvalue weighted by atomic mass is 9.91. The normalized spacial score (nSPS) is 20.6. The molecule has 98 valence electrons. The van der Waals surface area contributed by atoms with Crippen LogP contribution in [0.4, 0.5) is 0 Å². The fourth-order valence-electron chi connectivity index (χ4n) is 2.30. The number of carbonyl (C=O) groups is 2. The number of nitrogens with one attached hydrogen (secondary N) is 1. The molecule has 0 atom stereocenters. The molecular weight excluding hydrogens is 270 g/mol. The van der Waals surface area contributed by atoms with E-state index in [-0.39, 0.29) is 34.9 Å². The Bertz CT molecular complexity index is 760. The van der Waals surface area contributed by atoms with E-state index in [1.54, 1.807) is 0 Å². The second-order valence-corrected chi connectivity index (χ2v) is 6.35. The SMILES string of the molecule is O=C1C2=C(NCCS2(=O)=O)C(=O)c2c(O)cccc21. The van der Waals surface area contributed by atoms with Crippen molar-refractivity contribution in [3.05, 3.63) is 39.9 Å². The number of rotatable bonds is 0. The summed E-state index contributed by atoms with van der Waals surface area (Å²) in [5, 5.41) is 12.3. The van der Waals surface area contributed by atoms with E-state index in [1.165, 1.54) is 18.2 Å². The summed E-state index contributed by atoms with van der Waals surface area (Å²) in [5.74, 6) is -1.95. The number of fused-ring (bicyclic) bond motifs is 1. The Labute approximate surface area is 108 Å². The zero-order valence-electron chi connectivity index (χ0n) is 9.63. The van der Waals surface area contributed by atoms with E-state index >= 15 is 0 Å². The van der Waals surface area contributed by atoms with Gasteiger partial charge in [0.25, 0.3) is 0 Å². The summed E-state index contributed by atoms with van der Waals surface area (Å²) < 4.78 is 23.9. The maximum Gasteiger partial charge on any atom is 0.214 e. The summed E-state index contributed by atoms with van der Waals surface area (Å²) in [7, 11) is -3.76. The Hall–Kier alpha value is -2.15. The number of sulfone groups is 1. The predicted octanol–water partition coefficient (Wildman–Crippen LogP) is 0.000800. The van der Waals surface area contributed by atoms with Gasteiger partial charge in [-0.1, -0.05) is 6.07 Å². The third kappa shape index (κ3) is 1.51. The first-order valence-corrected chi connectivity index (χ1v) is 7.21. The Kier molecular flexibility index (Phi) is 2.30. The number of phenols is 1. The van der Waals surface area contributed by atoms with E-state index in [0.29, 0.717) is 0 Å². The van der Waals surface area contributed by atoms with Gasteiger partial charge in [-0.05, 0) is 12.1 Å². The lowest BCUT2D eigenvalue weighted by Crippen LogP contribution is -2.40. The van der Waals surface area contributed by atoms with Crippen LogP contribution in [0.5, 0.6) is 5.75 Å². The highest BCUT2D eigenvalue weighted by Crippen LogP contribution is 2.34. The third-order valence-corrected chi connectivity index (χ3v) is 4.91. The molecular formula is C12H9NO5S. The van der Waals surface area contributed by atoms with E-state index in [4.69, 9.17) is 0 Å². The van der Waals surface area contributed by atoms with Crippen molar-refractivity contribution in [1.82, 2.24) is 5.32 Å². The molecule has 1 aromatic rings. The molecule has 0 saturated carbocycles. The van der Waals surface area contributed by atoms with Gasteiger partial charge in [0.1, 0.15) is 16.4 Å². The number of hydrogen-bond acceptors (Lipinski definition) is 6. The lowest BCUT2D eigenvalue weighted by Gasteiger charge is -2.25. The third-order valence-electron chi connectivity index (χ3n) is 3.16. The zero-order chi connectivity index (χ0) is 13.8. The van der Waals surface area contributed by atoms with Gasteiger partial charge in [0.15, 0.2) is 9.84 Å². The number of phenolic OH excluding ortho intramolecular Hbond substituents is 1. The number of ketones is 2. The fraction of sp³-hybridized carbons (Fsp3) is 0.167. The summed E-state index contributed by atoms with van der Waals surface area (Å²) in [6.45, 7) is 0.0725. The van der Waals surface area contributed by atoms with Crippen molar-refractivity contribution in [2.45, 2.75) is 0 Å². The van der Waals surface area contributed by atoms with E-state index in [0.717, 1.165) is 0 Å². The van der Waals surface area contributed by atoms with Gasteiger partial charge < -0.3 is 10.4 Å². The summed E-state index contributed by atoms with van der Waals surface area (Å²) in [4.78, 5) is 23.9. The van der Waals surface area contributed by atoms with E-state index in [1.807, 2.05) is 0 Å². The van der Waals surface area contributed by atoms with Gasteiger partial charge in [-0.15, -0.1) is 0 Å². The smallest absolute Gasteiger partial charge is 0.214 e. The van der Waals surface area contributed by atoms with Crippen LogP contribution in [-0.4, -0.2) is 37.4 Å². The molecule has 0 radical (unpaired) electrons. The van der Waals surface area contributed by atoms with Crippen LogP contribution in [0.25, 0.3) is 0 Å². The molecule has 0 amide bonds. The number of Topliss-reactive ketones (excluding diaryl/α,β-unsaturated/α-hetero) is 2. The van der Waals surface area contributed by atoms with Gasteiger partial charge in [-0.2, -0.15) is 0 Å². The molecule has 7 heteroatoms. The van der Waals surface area contributed by atoms with Crippen LogP contribution in [0.3, 0.4) is 0 Å². The topological polar surface area (TPSA) is 101 Å². The maximum atomic E-state index is 12.2. The monoisotopic (exact) mass is 279 g/mol. The highest BCUT2D eigenvalue weighted by molar-refractivity contribution is 7.96. The Morgan fingerprint density at radius 3 is 2.63 bits per heavy atom. The molecule has 1 aliphatic carbocycles. The van der Waals surface area contributed by atoms with E-state index in [2.05, 4.69) is 5.32 Å². The first-order valence-electron chi connectivity index (χ1n) is 5.56. The number of aromatic hydroxyl groups is 1. The molecule has 2 N–H and O–H groups in total. The quantitative estimate of drug-likeness (QED) is 0.693. The van der Waals surface area contributed by atoms with Crippen molar-refractivity contribution >= 4 is 21.4 Å². The Morgan fingerprint density at radius 1 is 1.16 bits per heavy atom. The van der Waals surface area contributed by atoms with Crippen LogP contribution in [0.1, 0.15) is 20.7 Å². The van der Waals surface area contributed by atoms with Gasteiger partial charge in [-0.3, -0.25) is 9.59 Å². The fourth-order valence-corrected chi connectivity index (χ4v) is 3.74. The molecule has 3 rings (SSSR count). The minimum absolute atomic E-state index is 0.0725. The average Bonchev–Trinajstić information content (AvgIpc) is 2.34. The number of benzene rings is 1. The van der Waals surface area contributed by atoms with Gasteiger partial charge in [0.05, 0.1) is 11.3 Å². The van der Waals surface area contributed by atoms with Crippen LogP contribution in [-0.2, 0) is 9.84 Å². The minimum atomic E-state index is -3.76. The molecule has 1 heterocycles. The summed E-state index contributed by atoms with van der Waals surface area (Å²) in [5.41, 5.74) is -0.447. The van der Waals surface area contributed by atoms with Crippen molar-refractivity contribution in [2.75, 3.05) is 12.3 Å². The van der Waals surface area contributed by atoms with Crippen molar-refractivity contribution in [2.24, 2.45) is 0 Å². The second kappa shape index (κ2) is 3.67. The first-order chi connectivity index (χ1) is 8.93. The zero-order valence-corrected chi connectivity index (χ0v) is 10.5. The van der Waals surface area contributed by atoms with Crippen molar-refractivity contribution in [3.63, 3.8) is 0 Å². The van der Waals surface area contributed by atoms with Gasteiger partial charge in [-0.25, -0.2) is 8.42 Å². The van der Waals surface area contributed by atoms with Gasteiger partial charge in [0.2, 0.25) is 11.6 Å². The van der Waals surface area contributed by atoms with Crippen molar-refractivity contribution in [1.29, 1.82) is 0 Å². The van der Waals surface area contributed by atoms with Gasteiger partial charge >= 0.3 is 0 Å². The molecule has 1 aromatic carbocycles. The molecule has 19 heavy (non-hydrogen) atoms. The molecule has 0 saturated heterocycles. The van der Waals surface area contributed by atoms with E-state index in [9.17, 15) is 23.1 Å². The second-order valence-electron chi connectivity index (χ2n) is 4.31. The van der Waals surface area contributed by atoms with Crippen LogP contribution in [0.15, 0.2) is 28.8 Å². The molecule has 0 unspecified atom stereocenters. The van der Waals surface area contributed by atoms with Gasteiger partial charge in [0, 0.05) is 12.1 Å². The van der Waals surface area contributed by atoms with Crippen LogP contribution < -0.4 is 5.32 Å². The maximum absolute atomic E-state index is 12.2. The number of carbonyl (C=O) groups excluding carboxylic acids is 2. The highest BCUT2D eigenvalue weighted by Gasteiger charge is 2.42. The Balaban J connectivity index is 2.36. The standard InChI is InChI=1S/C12H9NO5S/c14-7-3-1-2-6-8(7)11(16)9-12(10(6)15)19(17,18)5-4-13-9/h1-3,13-14H,4-5H2. The molecule has 1 aliphatic heterocycles. The van der Waals surface area contributed by atoms with Crippen molar-refractivity contribution in [3.8, 4) is 5.75 Å². The average molecular weight is 279 g/mol. The largest absolute Gasteiger partial charge is 0.507 e. The van der Waals surface area contributed by atoms with Crippen LogP contribution in [0, 0.1) is 0 Å². The van der Waals surface area contributed by atoms with Crippen LogP contribution >= 0.6 is 0 Å². The molecule has 2 aliphatic rings. The van der Waals surface area contributed by atoms with Crippen molar-refractivity contribution < 1.29 is 23.1 Å². The molecule has 6 nitrogen and oxygen atoms in total. The van der Waals surface area contributed by atoms with E-state index < -0.39 is 26.3 Å². The molecule has 0 spiro atoms. The number of hydrogen-bond donors (Lipinski definition) is 2. The lowest BCUT2D eigenvalue weighted by molar-refractivity contribution is 0.0971. The van der Waals surface area contributed by atoms with Crippen LogP contribution in [0.2, 0.25) is 0 Å². The summed E-state index contributed by atoms with van der Waals surface area (Å²) in [6.07, 6.45) is 0. The summed E-state index contributed by atoms with van der Waals surface area (Å²) >= 11 is 0. The highest BCUT2D eigenvalue weighted by atomic mass is 32.2. The summed E-state index contributed by atoms with van der Waals surface area (Å²) in [6, 6.07) is 4.02. The molecule has 0 fully saturated rings. The predicted molar refractivity (Wildman–Crippen MR) is 65.6 cm³/mol. The Morgan fingerprint density at radius 2 is 1.89 bits per heavy atom. The number of allylic oxidation sites excluding steroid dienone is 2. The minimum Gasteiger partial charge on any atom is -0.507 e. The first kappa shape index (κ1) is 11.9. The molecule has 0 aromatic heterocycles. The molecule has 0 bridgehead atoms.